The maximum Gasteiger partial charge on any atom is 0.337 e. The first-order valence-electron chi connectivity index (χ1n) is 13.6. The number of ether oxygens (including phenoxy) is 4. The molecule has 4 rings (SSSR count). The van der Waals surface area contributed by atoms with E-state index in [9.17, 15) is 14.7 Å². The number of carbonyl (C=O) groups excluding carboxylic acids is 2. The number of allylic oxidation sites excluding steroid dienone is 1. The molecule has 1 aliphatic rings. The molecule has 0 saturated heterocycles. The van der Waals surface area contributed by atoms with Crippen molar-refractivity contribution in [3.8, 4) is 17.2 Å². The van der Waals surface area contributed by atoms with Gasteiger partial charge in [-0.15, -0.1) is 0 Å². The van der Waals surface area contributed by atoms with Crippen LogP contribution in [-0.2, 0) is 16.1 Å². The molecular formula is C31H32Cl2N4O7. The maximum absolute atomic E-state index is 12.4. The van der Waals surface area contributed by atoms with Crippen molar-refractivity contribution >= 4 is 41.4 Å². The summed E-state index contributed by atoms with van der Waals surface area (Å²) in [7, 11) is 1.27. The molecule has 232 valence electrons. The predicted molar refractivity (Wildman–Crippen MR) is 166 cm³/mol. The van der Waals surface area contributed by atoms with Crippen molar-refractivity contribution in [2.24, 2.45) is 5.10 Å². The van der Waals surface area contributed by atoms with E-state index in [1.54, 1.807) is 62.4 Å². The van der Waals surface area contributed by atoms with Crippen molar-refractivity contribution in [3.63, 3.8) is 0 Å². The fourth-order valence-electron chi connectivity index (χ4n) is 4.31. The molecule has 0 fully saturated rings. The Kier molecular flexibility index (Phi) is 11.3. The first kappa shape index (κ1) is 32.5. The van der Waals surface area contributed by atoms with Crippen molar-refractivity contribution in [3.05, 3.63) is 98.7 Å². The number of urea groups is 1. The number of rotatable bonds is 13. The average molecular weight is 644 g/mol. The van der Waals surface area contributed by atoms with E-state index in [1.165, 1.54) is 13.3 Å². The largest absolute Gasteiger partial charge is 0.490 e. The van der Waals surface area contributed by atoms with Gasteiger partial charge in [-0.05, 0) is 67.4 Å². The van der Waals surface area contributed by atoms with Crippen LogP contribution in [0.15, 0.2) is 77.0 Å². The molecule has 0 unspecified atom stereocenters. The van der Waals surface area contributed by atoms with Crippen LogP contribution in [0.1, 0.15) is 36.6 Å². The molecule has 44 heavy (non-hydrogen) atoms. The minimum absolute atomic E-state index is 0.178. The fourth-order valence-corrected chi connectivity index (χ4v) is 4.61. The molecule has 3 aromatic rings. The summed E-state index contributed by atoms with van der Waals surface area (Å²) in [4.78, 5) is 24.6. The minimum atomic E-state index is -1.18. The molecule has 0 bridgehead atoms. The van der Waals surface area contributed by atoms with E-state index in [4.69, 9.17) is 42.1 Å². The summed E-state index contributed by atoms with van der Waals surface area (Å²) in [6.07, 6.45) is 0.298. The molecule has 1 heterocycles. The summed E-state index contributed by atoms with van der Waals surface area (Å²) in [5, 5.41) is 21.0. The van der Waals surface area contributed by atoms with E-state index in [-0.39, 0.29) is 12.2 Å². The molecule has 4 N–H and O–H groups in total. The quantitative estimate of drug-likeness (QED) is 0.0875. The van der Waals surface area contributed by atoms with Crippen LogP contribution in [0.25, 0.3) is 0 Å². The number of carbonyl (C=O) groups is 2. The number of hydrogen-bond donors (Lipinski definition) is 4. The number of amides is 2. The fraction of sp³-hybridized carbons (Fsp3) is 0.258. The number of benzene rings is 3. The number of halogens is 2. The Labute approximate surface area is 264 Å². The molecule has 11 nitrogen and oxygen atoms in total. The summed E-state index contributed by atoms with van der Waals surface area (Å²) in [6.45, 7) is 3.89. The van der Waals surface area contributed by atoms with Gasteiger partial charge in [-0.25, -0.2) is 9.59 Å². The van der Waals surface area contributed by atoms with Crippen LogP contribution in [-0.4, -0.2) is 49.9 Å². The lowest BCUT2D eigenvalue weighted by Gasteiger charge is -2.28. The van der Waals surface area contributed by atoms with E-state index in [0.29, 0.717) is 57.3 Å². The molecule has 3 aromatic carbocycles. The van der Waals surface area contributed by atoms with Gasteiger partial charge in [0.05, 0.1) is 31.5 Å². The van der Waals surface area contributed by atoms with E-state index >= 15 is 0 Å². The van der Waals surface area contributed by atoms with Crippen LogP contribution < -0.4 is 30.3 Å². The van der Waals surface area contributed by atoms with Crippen LogP contribution in [0.2, 0.25) is 10.0 Å². The molecular weight excluding hydrogens is 611 g/mol. The van der Waals surface area contributed by atoms with Gasteiger partial charge in [0.2, 0.25) is 0 Å². The zero-order chi connectivity index (χ0) is 31.6. The molecule has 0 aliphatic carbocycles. The summed E-state index contributed by atoms with van der Waals surface area (Å²) in [5.74, 6) is 0.670. The zero-order valence-corrected chi connectivity index (χ0v) is 25.7. The molecule has 0 saturated carbocycles. The highest BCUT2D eigenvalue weighted by atomic mass is 35.5. The van der Waals surface area contributed by atoms with Gasteiger partial charge in [0.1, 0.15) is 19.0 Å². The van der Waals surface area contributed by atoms with Crippen molar-refractivity contribution in [2.75, 3.05) is 20.3 Å². The third-order valence-corrected chi connectivity index (χ3v) is 6.87. The van der Waals surface area contributed by atoms with Crippen molar-refractivity contribution < 1.29 is 33.6 Å². The highest BCUT2D eigenvalue weighted by Gasteiger charge is 2.32. The van der Waals surface area contributed by atoms with Crippen LogP contribution in [0.5, 0.6) is 17.2 Å². The smallest absolute Gasteiger partial charge is 0.337 e. The van der Waals surface area contributed by atoms with Gasteiger partial charge in [-0.1, -0.05) is 41.4 Å². The monoisotopic (exact) mass is 642 g/mol. The molecule has 0 radical (unpaired) electrons. The lowest BCUT2D eigenvalue weighted by atomic mass is 9.95. The lowest BCUT2D eigenvalue weighted by molar-refractivity contribution is -0.136. The summed E-state index contributed by atoms with van der Waals surface area (Å²) in [6, 6.07) is 16.2. The number of nitrogens with one attached hydrogen (secondary N) is 3. The molecule has 2 atom stereocenters. The number of aliphatic hydroxyl groups excluding tert-OH is 1. The topological polar surface area (TPSA) is 140 Å². The predicted octanol–water partition coefficient (Wildman–Crippen LogP) is 5.09. The second-order valence-electron chi connectivity index (χ2n) is 9.51. The van der Waals surface area contributed by atoms with Crippen LogP contribution in [0.3, 0.4) is 0 Å². The summed E-state index contributed by atoms with van der Waals surface area (Å²) >= 11 is 12.1. The molecule has 2 amide bonds. The Morgan fingerprint density at radius 1 is 1.02 bits per heavy atom. The third kappa shape index (κ3) is 8.56. The normalized spacial score (nSPS) is 15.3. The standard InChI is InChI=1S/C31H32Cl2N4O7/c1-4-42-26-14-20(29-28(30(39)41-3)18(2)35-31(40)36-29)7-11-25(26)44-17-27(38)37-34-15-21-13-23(33)10-12-24(21)43-16-19-5-8-22(32)9-6-19/h5-15,27,29,37-38H,4,16-17H2,1-3H3,(H2,35,36,40)/b34-15+/t27-,29+/m1/s1. The van der Waals surface area contributed by atoms with Gasteiger partial charge in [-0.2, -0.15) is 5.10 Å². The van der Waals surface area contributed by atoms with Gasteiger partial charge in [-0.3, -0.25) is 5.43 Å². The van der Waals surface area contributed by atoms with Gasteiger partial charge >= 0.3 is 12.0 Å². The van der Waals surface area contributed by atoms with E-state index in [2.05, 4.69) is 21.2 Å². The highest BCUT2D eigenvalue weighted by molar-refractivity contribution is 6.31. The highest BCUT2D eigenvalue weighted by Crippen LogP contribution is 2.35. The second-order valence-corrected chi connectivity index (χ2v) is 10.4. The Bertz CT molecular complexity index is 1550. The maximum atomic E-state index is 12.4. The second kappa shape index (κ2) is 15.3. The minimum Gasteiger partial charge on any atom is -0.490 e. The lowest BCUT2D eigenvalue weighted by Crippen LogP contribution is -2.45. The van der Waals surface area contributed by atoms with Gasteiger partial charge in [0.15, 0.2) is 17.7 Å². The SMILES string of the molecule is CCOc1cc([C@@H]2NC(=O)NC(C)=C2C(=O)OC)ccc1OC[C@@H](O)N/N=C/c1cc(Cl)ccc1OCc1ccc(Cl)cc1. The number of hydrazone groups is 1. The van der Waals surface area contributed by atoms with Crippen molar-refractivity contribution in [1.29, 1.82) is 0 Å². The zero-order valence-electron chi connectivity index (χ0n) is 24.2. The first-order chi connectivity index (χ1) is 21.2. The number of aliphatic hydroxyl groups is 1. The summed E-state index contributed by atoms with van der Waals surface area (Å²) in [5.41, 5.74) is 5.38. The van der Waals surface area contributed by atoms with E-state index in [1.807, 2.05) is 12.1 Å². The van der Waals surface area contributed by atoms with E-state index < -0.39 is 24.3 Å². The Morgan fingerprint density at radius 3 is 2.48 bits per heavy atom. The molecule has 0 aromatic heterocycles. The Morgan fingerprint density at radius 2 is 1.75 bits per heavy atom. The van der Waals surface area contributed by atoms with Gasteiger partial charge in [0.25, 0.3) is 0 Å². The molecule has 13 heteroatoms. The Balaban J connectivity index is 1.40. The summed E-state index contributed by atoms with van der Waals surface area (Å²) < 4.78 is 22.4. The van der Waals surface area contributed by atoms with Crippen molar-refractivity contribution in [2.45, 2.75) is 32.7 Å². The molecule has 1 aliphatic heterocycles. The number of hydrogen-bond acceptors (Lipinski definition) is 9. The van der Waals surface area contributed by atoms with Crippen LogP contribution >= 0.6 is 23.2 Å². The Hall–Kier alpha value is -4.45. The van der Waals surface area contributed by atoms with Crippen molar-refractivity contribution in [1.82, 2.24) is 16.1 Å². The average Bonchev–Trinajstić information content (AvgIpc) is 3.00. The third-order valence-electron chi connectivity index (χ3n) is 6.38. The van der Waals surface area contributed by atoms with Gasteiger partial charge in [0, 0.05) is 21.3 Å². The number of methoxy groups -OCH3 is 1. The molecule has 0 spiro atoms. The van der Waals surface area contributed by atoms with Crippen LogP contribution in [0.4, 0.5) is 4.79 Å². The van der Waals surface area contributed by atoms with E-state index in [0.717, 1.165) is 5.56 Å². The number of esters is 1. The number of nitrogens with zero attached hydrogens (tertiary/aromatic N) is 1. The van der Waals surface area contributed by atoms with Gasteiger partial charge < -0.3 is 34.7 Å². The first-order valence-corrected chi connectivity index (χ1v) is 14.3. The van der Waals surface area contributed by atoms with Crippen LogP contribution in [0, 0.1) is 0 Å².